The maximum Gasteiger partial charge on any atom is 0.0621 e. The van der Waals surface area contributed by atoms with Crippen molar-refractivity contribution in [1.29, 1.82) is 0 Å². The standard InChI is InChI=1S/C13H21NOS/c1-4-9-5-6-16-10(9)8-14-11-7-12(15)13(11,2)3/h5-6,11-12,14-15H,4,7-8H2,1-3H3. The van der Waals surface area contributed by atoms with Gasteiger partial charge < -0.3 is 10.4 Å². The highest BCUT2D eigenvalue weighted by atomic mass is 32.1. The first-order valence-electron chi connectivity index (χ1n) is 6.02. The number of aryl methyl sites for hydroxylation is 1. The topological polar surface area (TPSA) is 32.3 Å². The van der Waals surface area contributed by atoms with Crippen LogP contribution in [0.25, 0.3) is 0 Å². The van der Waals surface area contributed by atoms with Crippen molar-refractivity contribution in [3.8, 4) is 0 Å². The van der Waals surface area contributed by atoms with Crippen LogP contribution < -0.4 is 5.32 Å². The van der Waals surface area contributed by atoms with Crippen LogP contribution in [0.4, 0.5) is 0 Å². The molecule has 1 heterocycles. The van der Waals surface area contributed by atoms with Crippen LogP contribution in [0.3, 0.4) is 0 Å². The number of hydrogen-bond acceptors (Lipinski definition) is 3. The molecule has 2 unspecified atom stereocenters. The SMILES string of the molecule is CCc1ccsc1CNC1CC(O)C1(C)C. The second-order valence-electron chi connectivity index (χ2n) is 5.23. The number of thiophene rings is 1. The number of hydrogen-bond donors (Lipinski definition) is 2. The van der Waals surface area contributed by atoms with Gasteiger partial charge in [-0.05, 0) is 29.9 Å². The van der Waals surface area contributed by atoms with Gasteiger partial charge in [0.15, 0.2) is 0 Å². The van der Waals surface area contributed by atoms with Gasteiger partial charge in [0.2, 0.25) is 0 Å². The molecule has 2 atom stereocenters. The molecule has 1 aliphatic rings. The van der Waals surface area contributed by atoms with Crippen LogP contribution in [-0.2, 0) is 13.0 Å². The monoisotopic (exact) mass is 239 g/mol. The Bertz CT molecular complexity index is 359. The molecule has 90 valence electrons. The minimum absolute atomic E-state index is 0.0314. The summed E-state index contributed by atoms with van der Waals surface area (Å²) in [5.74, 6) is 0. The van der Waals surface area contributed by atoms with Crippen molar-refractivity contribution in [2.45, 2.75) is 52.3 Å². The molecule has 0 aliphatic heterocycles. The molecule has 1 aliphatic carbocycles. The molecule has 1 fully saturated rings. The Labute approximate surface area is 102 Å². The van der Waals surface area contributed by atoms with Gasteiger partial charge in [-0.3, -0.25) is 0 Å². The van der Waals surface area contributed by atoms with E-state index in [1.165, 1.54) is 10.4 Å². The molecule has 1 aromatic rings. The molecule has 0 bridgehead atoms. The molecule has 0 aromatic carbocycles. The summed E-state index contributed by atoms with van der Waals surface area (Å²) in [5.41, 5.74) is 1.49. The number of nitrogens with one attached hydrogen (secondary N) is 1. The van der Waals surface area contributed by atoms with Crippen LogP contribution in [-0.4, -0.2) is 17.3 Å². The normalized spacial score (nSPS) is 27.8. The van der Waals surface area contributed by atoms with E-state index in [1.54, 1.807) is 0 Å². The Morgan fingerprint density at radius 1 is 1.56 bits per heavy atom. The average molecular weight is 239 g/mol. The summed E-state index contributed by atoms with van der Waals surface area (Å²) in [6, 6.07) is 2.66. The first-order chi connectivity index (χ1) is 7.55. The number of aliphatic hydroxyl groups excluding tert-OH is 1. The quantitative estimate of drug-likeness (QED) is 0.846. The lowest BCUT2D eigenvalue weighted by molar-refractivity contribution is -0.0729. The lowest BCUT2D eigenvalue weighted by Gasteiger charge is -2.49. The van der Waals surface area contributed by atoms with Gasteiger partial charge in [0, 0.05) is 22.9 Å². The molecule has 2 N–H and O–H groups in total. The first-order valence-corrected chi connectivity index (χ1v) is 6.90. The minimum atomic E-state index is -0.140. The van der Waals surface area contributed by atoms with Gasteiger partial charge in [-0.1, -0.05) is 20.8 Å². The molecular formula is C13H21NOS. The fourth-order valence-corrected chi connectivity index (χ4v) is 3.23. The number of rotatable bonds is 4. The van der Waals surface area contributed by atoms with Crippen molar-refractivity contribution in [2.75, 3.05) is 0 Å². The Morgan fingerprint density at radius 2 is 2.31 bits per heavy atom. The Hall–Kier alpha value is -0.380. The molecule has 0 spiro atoms. The van der Waals surface area contributed by atoms with E-state index in [2.05, 4.69) is 37.5 Å². The van der Waals surface area contributed by atoms with Gasteiger partial charge in [-0.15, -0.1) is 11.3 Å². The smallest absolute Gasteiger partial charge is 0.0621 e. The van der Waals surface area contributed by atoms with E-state index < -0.39 is 0 Å². The maximum absolute atomic E-state index is 9.67. The van der Waals surface area contributed by atoms with Crippen molar-refractivity contribution < 1.29 is 5.11 Å². The van der Waals surface area contributed by atoms with E-state index in [-0.39, 0.29) is 11.5 Å². The fourth-order valence-electron chi connectivity index (χ4n) is 2.30. The molecule has 0 amide bonds. The van der Waals surface area contributed by atoms with Crippen LogP contribution in [0.1, 0.15) is 37.6 Å². The van der Waals surface area contributed by atoms with Crippen LogP contribution in [0.15, 0.2) is 11.4 Å². The van der Waals surface area contributed by atoms with E-state index >= 15 is 0 Å². The van der Waals surface area contributed by atoms with Crippen molar-refractivity contribution in [1.82, 2.24) is 5.32 Å². The van der Waals surface area contributed by atoms with Crippen molar-refractivity contribution in [2.24, 2.45) is 5.41 Å². The van der Waals surface area contributed by atoms with Crippen molar-refractivity contribution >= 4 is 11.3 Å². The summed E-state index contributed by atoms with van der Waals surface area (Å²) < 4.78 is 0. The molecule has 1 aromatic heterocycles. The van der Waals surface area contributed by atoms with E-state index in [9.17, 15) is 5.11 Å². The zero-order chi connectivity index (χ0) is 11.8. The largest absolute Gasteiger partial charge is 0.392 e. The molecule has 16 heavy (non-hydrogen) atoms. The molecule has 2 nitrogen and oxygen atoms in total. The Balaban J connectivity index is 1.89. The fraction of sp³-hybridized carbons (Fsp3) is 0.692. The van der Waals surface area contributed by atoms with Crippen molar-refractivity contribution in [3.63, 3.8) is 0 Å². The highest BCUT2D eigenvalue weighted by Crippen LogP contribution is 2.40. The van der Waals surface area contributed by atoms with E-state index in [1.807, 2.05) is 11.3 Å². The zero-order valence-corrected chi connectivity index (χ0v) is 11.1. The third kappa shape index (κ3) is 2.04. The summed E-state index contributed by atoms with van der Waals surface area (Å²) >= 11 is 1.83. The lowest BCUT2D eigenvalue weighted by atomic mass is 9.64. The maximum atomic E-state index is 9.67. The molecule has 3 heteroatoms. The summed E-state index contributed by atoms with van der Waals surface area (Å²) in [6.07, 6.45) is 1.86. The number of aliphatic hydroxyl groups is 1. The van der Waals surface area contributed by atoms with Crippen LogP contribution >= 0.6 is 11.3 Å². The zero-order valence-electron chi connectivity index (χ0n) is 10.3. The molecule has 0 radical (unpaired) electrons. The van der Waals surface area contributed by atoms with E-state index in [0.29, 0.717) is 6.04 Å². The van der Waals surface area contributed by atoms with Gasteiger partial charge in [0.1, 0.15) is 0 Å². The lowest BCUT2D eigenvalue weighted by Crippen LogP contribution is -2.59. The highest BCUT2D eigenvalue weighted by molar-refractivity contribution is 7.10. The van der Waals surface area contributed by atoms with Gasteiger partial charge in [-0.2, -0.15) is 0 Å². The predicted molar refractivity (Wildman–Crippen MR) is 68.7 cm³/mol. The van der Waals surface area contributed by atoms with Crippen LogP contribution in [0, 0.1) is 5.41 Å². The highest BCUT2D eigenvalue weighted by Gasteiger charge is 2.46. The Morgan fingerprint density at radius 3 is 2.88 bits per heavy atom. The van der Waals surface area contributed by atoms with E-state index in [0.717, 1.165) is 19.4 Å². The summed E-state index contributed by atoms with van der Waals surface area (Å²) in [4.78, 5) is 1.44. The summed E-state index contributed by atoms with van der Waals surface area (Å²) in [5, 5.41) is 15.4. The van der Waals surface area contributed by atoms with Gasteiger partial charge in [0.25, 0.3) is 0 Å². The van der Waals surface area contributed by atoms with Gasteiger partial charge in [-0.25, -0.2) is 0 Å². The molecular weight excluding hydrogens is 218 g/mol. The first kappa shape index (κ1) is 12.1. The van der Waals surface area contributed by atoms with Crippen LogP contribution in [0.5, 0.6) is 0 Å². The van der Waals surface area contributed by atoms with E-state index in [4.69, 9.17) is 0 Å². The minimum Gasteiger partial charge on any atom is -0.392 e. The van der Waals surface area contributed by atoms with Gasteiger partial charge in [0.05, 0.1) is 6.10 Å². The second-order valence-corrected chi connectivity index (χ2v) is 6.23. The second kappa shape index (κ2) is 4.47. The molecule has 2 rings (SSSR count). The molecule has 1 saturated carbocycles. The average Bonchev–Trinajstić information content (AvgIpc) is 2.71. The summed E-state index contributed by atoms with van der Waals surface area (Å²) in [7, 11) is 0. The van der Waals surface area contributed by atoms with Crippen molar-refractivity contribution in [3.05, 3.63) is 21.9 Å². The Kier molecular flexibility index (Phi) is 3.38. The third-order valence-electron chi connectivity index (χ3n) is 3.94. The third-order valence-corrected chi connectivity index (χ3v) is 4.91. The predicted octanol–water partition coefficient (Wildman–Crippen LogP) is 2.56. The summed E-state index contributed by atoms with van der Waals surface area (Å²) in [6.45, 7) is 7.41. The van der Waals surface area contributed by atoms with Gasteiger partial charge >= 0.3 is 0 Å². The molecule has 0 saturated heterocycles. The van der Waals surface area contributed by atoms with Crippen LogP contribution in [0.2, 0.25) is 0 Å².